The highest BCUT2D eigenvalue weighted by Gasteiger charge is 1.84. The molecule has 0 aromatic heterocycles. The fraction of sp³-hybridized carbons (Fsp3) is 0.909. The molecule has 0 spiro atoms. The highest BCUT2D eigenvalue weighted by Crippen LogP contribution is 1.91. The summed E-state index contributed by atoms with van der Waals surface area (Å²) < 4.78 is 5.31. The second-order valence-electron chi connectivity index (χ2n) is 3.39. The molecule has 0 aromatic rings. The number of nitrogens with zero attached hydrogens (tertiary/aromatic N) is 1. The summed E-state index contributed by atoms with van der Waals surface area (Å²) in [5.74, 6) is 0. The standard InChI is InChI=1S/C8H18O.C3H7NO/c1-3-5-7-9-8-6-4-2;1-4(2)3-5/h3-8H2,1-2H3;3H,1-2H3. The summed E-state index contributed by atoms with van der Waals surface area (Å²) in [6.45, 7) is 6.28. The average molecular weight is 203 g/mol. The third-order valence-electron chi connectivity index (χ3n) is 1.50. The molecule has 0 unspecified atom stereocenters. The van der Waals surface area contributed by atoms with Gasteiger partial charge in [0.25, 0.3) is 0 Å². The molecule has 0 aromatic carbocycles. The van der Waals surface area contributed by atoms with E-state index in [1.807, 2.05) is 0 Å². The Hall–Kier alpha value is -0.570. The Morgan fingerprint density at radius 2 is 1.43 bits per heavy atom. The van der Waals surface area contributed by atoms with Crippen LogP contribution in [0.15, 0.2) is 0 Å². The molecule has 0 saturated carbocycles. The lowest BCUT2D eigenvalue weighted by molar-refractivity contribution is -0.115. The fourth-order valence-electron chi connectivity index (χ4n) is 0.595. The van der Waals surface area contributed by atoms with E-state index in [2.05, 4.69) is 13.8 Å². The summed E-state index contributed by atoms with van der Waals surface area (Å²) in [6, 6.07) is 0. The molecule has 0 aliphatic carbocycles. The third-order valence-corrected chi connectivity index (χ3v) is 1.50. The molecular weight excluding hydrogens is 178 g/mol. The van der Waals surface area contributed by atoms with Crippen molar-refractivity contribution in [3.8, 4) is 0 Å². The van der Waals surface area contributed by atoms with E-state index in [0.29, 0.717) is 0 Å². The van der Waals surface area contributed by atoms with Crippen LogP contribution in [0.4, 0.5) is 0 Å². The van der Waals surface area contributed by atoms with Crippen LogP contribution in [0.1, 0.15) is 39.5 Å². The summed E-state index contributed by atoms with van der Waals surface area (Å²) in [4.78, 5) is 10.9. The van der Waals surface area contributed by atoms with E-state index in [1.54, 1.807) is 14.1 Å². The van der Waals surface area contributed by atoms with Crippen molar-refractivity contribution in [1.82, 2.24) is 4.90 Å². The zero-order chi connectivity index (χ0) is 11.2. The topological polar surface area (TPSA) is 29.5 Å². The number of carbonyl (C=O) groups is 1. The van der Waals surface area contributed by atoms with E-state index < -0.39 is 0 Å². The van der Waals surface area contributed by atoms with Crippen LogP contribution in [0, 0.1) is 0 Å². The third kappa shape index (κ3) is 22.5. The molecule has 0 bridgehead atoms. The average Bonchev–Trinajstić information content (AvgIpc) is 2.19. The fourth-order valence-corrected chi connectivity index (χ4v) is 0.595. The van der Waals surface area contributed by atoms with E-state index in [1.165, 1.54) is 30.6 Å². The van der Waals surface area contributed by atoms with Crippen molar-refractivity contribution in [3.05, 3.63) is 0 Å². The number of rotatable bonds is 7. The second-order valence-corrected chi connectivity index (χ2v) is 3.39. The molecule has 0 fully saturated rings. The lowest BCUT2D eigenvalue weighted by Crippen LogP contribution is -2.06. The molecule has 0 rings (SSSR count). The monoisotopic (exact) mass is 203 g/mol. The molecule has 0 aliphatic heterocycles. The minimum Gasteiger partial charge on any atom is -0.381 e. The van der Waals surface area contributed by atoms with Crippen LogP contribution in [0.3, 0.4) is 0 Å². The molecule has 0 heterocycles. The highest BCUT2D eigenvalue weighted by molar-refractivity contribution is 5.45. The smallest absolute Gasteiger partial charge is 0.209 e. The minimum atomic E-state index is 0.750. The van der Waals surface area contributed by atoms with Gasteiger partial charge >= 0.3 is 0 Å². The molecule has 3 nitrogen and oxygen atoms in total. The predicted molar refractivity (Wildman–Crippen MR) is 60.4 cm³/mol. The van der Waals surface area contributed by atoms with Crippen LogP contribution in [-0.2, 0) is 9.53 Å². The Bertz CT molecular complexity index is 99.5. The maximum Gasteiger partial charge on any atom is 0.209 e. The van der Waals surface area contributed by atoms with Crippen LogP contribution in [-0.4, -0.2) is 38.6 Å². The number of ether oxygens (including phenoxy) is 1. The lowest BCUT2D eigenvalue weighted by atomic mass is 10.3. The maximum atomic E-state index is 9.43. The van der Waals surface area contributed by atoms with Gasteiger partial charge in [-0.2, -0.15) is 0 Å². The molecule has 0 atom stereocenters. The normalized spacial score (nSPS) is 8.86. The zero-order valence-corrected chi connectivity index (χ0v) is 10.1. The molecular formula is C11H25NO2. The van der Waals surface area contributed by atoms with Gasteiger partial charge in [-0.05, 0) is 12.8 Å². The van der Waals surface area contributed by atoms with E-state index in [9.17, 15) is 4.79 Å². The van der Waals surface area contributed by atoms with Gasteiger partial charge in [-0.3, -0.25) is 4.79 Å². The first-order valence-electron chi connectivity index (χ1n) is 5.38. The van der Waals surface area contributed by atoms with Gasteiger partial charge in [-0.1, -0.05) is 26.7 Å². The van der Waals surface area contributed by atoms with Gasteiger partial charge in [0.05, 0.1) is 0 Å². The maximum absolute atomic E-state index is 9.43. The number of unbranched alkanes of at least 4 members (excludes halogenated alkanes) is 2. The van der Waals surface area contributed by atoms with Crippen molar-refractivity contribution >= 4 is 6.41 Å². The van der Waals surface area contributed by atoms with E-state index >= 15 is 0 Å². The number of amides is 1. The SMILES string of the molecule is CCCCOCCCC.CN(C)C=O. The van der Waals surface area contributed by atoms with Crippen molar-refractivity contribution in [1.29, 1.82) is 0 Å². The Morgan fingerprint density at radius 3 is 1.64 bits per heavy atom. The summed E-state index contributed by atoms with van der Waals surface area (Å²) in [5, 5.41) is 0. The zero-order valence-electron chi connectivity index (χ0n) is 10.1. The Labute approximate surface area is 88.4 Å². The predicted octanol–water partition coefficient (Wildman–Crippen LogP) is 2.31. The molecule has 14 heavy (non-hydrogen) atoms. The minimum absolute atomic E-state index is 0.750. The molecule has 0 N–H and O–H groups in total. The van der Waals surface area contributed by atoms with Crippen molar-refractivity contribution < 1.29 is 9.53 Å². The largest absolute Gasteiger partial charge is 0.381 e. The van der Waals surface area contributed by atoms with Crippen LogP contribution in [0.2, 0.25) is 0 Å². The highest BCUT2D eigenvalue weighted by atomic mass is 16.5. The van der Waals surface area contributed by atoms with Gasteiger partial charge in [0, 0.05) is 27.3 Å². The molecule has 0 saturated heterocycles. The molecule has 0 radical (unpaired) electrons. The molecule has 86 valence electrons. The van der Waals surface area contributed by atoms with Gasteiger partial charge < -0.3 is 9.64 Å². The molecule has 3 heteroatoms. The number of carbonyl (C=O) groups excluding carboxylic acids is 1. The van der Waals surface area contributed by atoms with Crippen molar-refractivity contribution in [2.75, 3.05) is 27.3 Å². The van der Waals surface area contributed by atoms with Crippen molar-refractivity contribution in [3.63, 3.8) is 0 Å². The summed E-state index contributed by atoms with van der Waals surface area (Å²) in [7, 11) is 3.38. The van der Waals surface area contributed by atoms with E-state index in [-0.39, 0.29) is 0 Å². The van der Waals surface area contributed by atoms with Gasteiger partial charge in [0.15, 0.2) is 0 Å². The Kier molecular flexibility index (Phi) is 16.9. The Morgan fingerprint density at radius 1 is 1.07 bits per heavy atom. The van der Waals surface area contributed by atoms with Gasteiger partial charge in [0.2, 0.25) is 6.41 Å². The summed E-state index contributed by atoms with van der Waals surface area (Å²) >= 11 is 0. The first-order valence-corrected chi connectivity index (χ1v) is 5.38. The molecule has 1 amide bonds. The number of hydrogen-bond acceptors (Lipinski definition) is 2. The van der Waals surface area contributed by atoms with Crippen LogP contribution < -0.4 is 0 Å². The first-order chi connectivity index (χ1) is 6.68. The van der Waals surface area contributed by atoms with Crippen LogP contribution in [0.25, 0.3) is 0 Å². The van der Waals surface area contributed by atoms with E-state index in [0.717, 1.165) is 19.6 Å². The lowest BCUT2D eigenvalue weighted by Gasteiger charge is -1.99. The Balaban J connectivity index is 0. The van der Waals surface area contributed by atoms with Gasteiger partial charge in [0.1, 0.15) is 0 Å². The van der Waals surface area contributed by atoms with Gasteiger partial charge in [-0.25, -0.2) is 0 Å². The summed E-state index contributed by atoms with van der Waals surface area (Å²) in [6.07, 6.45) is 5.66. The first kappa shape index (κ1) is 15.9. The van der Waals surface area contributed by atoms with Crippen molar-refractivity contribution in [2.24, 2.45) is 0 Å². The number of hydrogen-bond donors (Lipinski definition) is 0. The summed E-state index contributed by atoms with van der Waals surface area (Å²) in [5.41, 5.74) is 0. The van der Waals surface area contributed by atoms with Crippen LogP contribution >= 0.6 is 0 Å². The van der Waals surface area contributed by atoms with Crippen molar-refractivity contribution in [2.45, 2.75) is 39.5 Å². The van der Waals surface area contributed by atoms with Gasteiger partial charge in [-0.15, -0.1) is 0 Å². The quantitative estimate of drug-likeness (QED) is 0.469. The second kappa shape index (κ2) is 14.9. The van der Waals surface area contributed by atoms with E-state index in [4.69, 9.17) is 4.74 Å². The van der Waals surface area contributed by atoms with Crippen LogP contribution in [0.5, 0.6) is 0 Å². The molecule has 0 aliphatic rings.